The number of methoxy groups -OCH3 is 1. The lowest BCUT2D eigenvalue weighted by Crippen LogP contribution is -2.07. The highest BCUT2D eigenvalue weighted by atomic mass is 16.6. The number of unbranched alkanes of at least 4 members (excludes halogenated alkanes) is 7. The van der Waals surface area contributed by atoms with Crippen molar-refractivity contribution < 1.29 is 23.8 Å². The molecule has 0 aliphatic heterocycles. The molecule has 154 valence electrons. The van der Waals surface area contributed by atoms with Gasteiger partial charge in [-0.15, -0.1) is 0 Å². The van der Waals surface area contributed by atoms with Crippen molar-refractivity contribution in [2.75, 3.05) is 13.7 Å². The Morgan fingerprint density at radius 2 is 1.50 bits per heavy atom. The van der Waals surface area contributed by atoms with E-state index in [4.69, 9.17) is 14.2 Å². The number of carbonyl (C=O) groups is 2. The van der Waals surface area contributed by atoms with Crippen molar-refractivity contribution in [3.05, 3.63) is 48.6 Å². The summed E-state index contributed by atoms with van der Waals surface area (Å²) in [6.07, 6.45) is 15.9. The van der Waals surface area contributed by atoms with E-state index in [2.05, 4.69) is 6.92 Å². The van der Waals surface area contributed by atoms with E-state index in [9.17, 15) is 9.59 Å². The molecule has 0 N–H and O–H groups in total. The summed E-state index contributed by atoms with van der Waals surface area (Å²) in [6.45, 7) is 2.42. The number of esters is 2. The molecule has 1 rings (SSSR count). The van der Waals surface area contributed by atoms with Crippen LogP contribution >= 0.6 is 0 Å². The summed E-state index contributed by atoms with van der Waals surface area (Å²) in [5.41, 5.74) is 0. The molecule has 0 amide bonds. The molecule has 0 aromatic heterocycles. The van der Waals surface area contributed by atoms with Gasteiger partial charge < -0.3 is 14.2 Å². The van der Waals surface area contributed by atoms with Crippen LogP contribution in [0.2, 0.25) is 0 Å². The standard InChI is InChI=1S/C23H32O5/c1-3-4-5-6-7-8-9-10-11-14-19-27-22(24)17-18-23(25)28-21-16-13-12-15-20(21)26-2/h11-18H,3-10,19H2,1-2H3/b14-11+,18-17+. The van der Waals surface area contributed by atoms with Crippen LogP contribution in [0.3, 0.4) is 0 Å². The fourth-order valence-electron chi connectivity index (χ4n) is 2.57. The molecule has 5 heteroatoms. The molecule has 0 saturated carbocycles. The van der Waals surface area contributed by atoms with Crippen molar-refractivity contribution in [3.63, 3.8) is 0 Å². The Hall–Kier alpha value is -2.56. The maximum atomic E-state index is 11.8. The number of allylic oxidation sites excluding steroid dienone is 1. The van der Waals surface area contributed by atoms with Crippen LogP contribution in [-0.4, -0.2) is 25.7 Å². The van der Waals surface area contributed by atoms with E-state index < -0.39 is 11.9 Å². The molecule has 1 aromatic rings. The molecular formula is C23H32O5. The monoisotopic (exact) mass is 388 g/mol. The maximum Gasteiger partial charge on any atom is 0.336 e. The Labute approximate surface area is 168 Å². The van der Waals surface area contributed by atoms with E-state index in [0.717, 1.165) is 25.0 Å². The fourth-order valence-corrected chi connectivity index (χ4v) is 2.57. The van der Waals surface area contributed by atoms with Crippen LogP contribution in [0.1, 0.15) is 58.3 Å². The van der Waals surface area contributed by atoms with Gasteiger partial charge in [0.1, 0.15) is 6.61 Å². The first-order chi connectivity index (χ1) is 13.7. The second-order valence-corrected chi connectivity index (χ2v) is 6.42. The third kappa shape index (κ3) is 11.2. The summed E-state index contributed by atoms with van der Waals surface area (Å²) in [6, 6.07) is 6.78. The summed E-state index contributed by atoms with van der Waals surface area (Å²) in [4.78, 5) is 23.4. The van der Waals surface area contributed by atoms with Crippen LogP contribution in [0.25, 0.3) is 0 Å². The summed E-state index contributed by atoms with van der Waals surface area (Å²) < 4.78 is 15.2. The highest BCUT2D eigenvalue weighted by molar-refractivity contribution is 5.92. The minimum absolute atomic E-state index is 0.196. The molecule has 0 spiro atoms. The van der Waals surface area contributed by atoms with E-state index >= 15 is 0 Å². The SMILES string of the molecule is CCCCCCCCC/C=C/COC(=O)/C=C/C(=O)Oc1ccccc1OC. The first-order valence-electron chi connectivity index (χ1n) is 10.0. The van der Waals surface area contributed by atoms with Gasteiger partial charge in [-0.05, 0) is 25.0 Å². The molecule has 0 radical (unpaired) electrons. The zero-order chi connectivity index (χ0) is 20.5. The van der Waals surface area contributed by atoms with Crippen LogP contribution in [-0.2, 0) is 14.3 Å². The van der Waals surface area contributed by atoms with Crippen LogP contribution in [0.4, 0.5) is 0 Å². The molecule has 0 aliphatic carbocycles. The summed E-state index contributed by atoms with van der Waals surface area (Å²) in [5, 5.41) is 0. The van der Waals surface area contributed by atoms with Gasteiger partial charge in [0, 0.05) is 12.2 Å². The molecular weight excluding hydrogens is 356 g/mol. The Morgan fingerprint density at radius 1 is 0.857 bits per heavy atom. The van der Waals surface area contributed by atoms with Gasteiger partial charge in [0.2, 0.25) is 0 Å². The average Bonchev–Trinajstić information content (AvgIpc) is 2.71. The minimum atomic E-state index is -0.670. The van der Waals surface area contributed by atoms with Crippen LogP contribution < -0.4 is 9.47 Å². The van der Waals surface area contributed by atoms with Crippen molar-refractivity contribution in [2.24, 2.45) is 0 Å². The first kappa shape index (κ1) is 23.5. The summed E-state index contributed by atoms with van der Waals surface area (Å²) >= 11 is 0. The van der Waals surface area contributed by atoms with Gasteiger partial charge in [-0.25, -0.2) is 9.59 Å². The lowest BCUT2D eigenvalue weighted by atomic mass is 10.1. The lowest BCUT2D eigenvalue weighted by Gasteiger charge is -2.06. The topological polar surface area (TPSA) is 61.8 Å². The van der Waals surface area contributed by atoms with Gasteiger partial charge in [0.25, 0.3) is 0 Å². The quantitative estimate of drug-likeness (QED) is 0.140. The predicted octanol–water partition coefficient (Wildman–Crippen LogP) is 5.40. The molecule has 5 nitrogen and oxygen atoms in total. The van der Waals surface area contributed by atoms with Crippen molar-refractivity contribution in [1.29, 1.82) is 0 Å². The van der Waals surface area contributed by atoms with E-state index in [0.29, 0.717) is 11.5 Å². The molecule has 0 saturated heterocycles. The molecule has 28 heavy (non-hydrogen) atoms. The number of ether oxygens (including phenoxy) is 3. The predicted molar refractivity (Wildman–Crippen MR) is 110 cm³/mol. The van der Waals surface area contributed by atoms with Crippen LogP contribution in [0.15, 0.2) is 48.6 Å². The van der Waals surface area contributed by atoms with E-state index in [1.165, 1.54) is 45.6 Å². The minimum Gasteiger partial charge on any atom is -0.493 e. The normalized spacial score (nSPS) is 11.1. The molecule has 0 aliphatic rings. The Morgan fingerprint density at radius 3 is 2.21 bits per heavy atom. The largest absolute Gasteiger partial charge is 0.493 e. The van der Waals surface area contributed by atoms with Gasteiger partial charge in [0.15, 0.2) is 11.5 Å². The van der Waals surface area contributed by atoms with Gasteiger partial charge >= 0.3 is 11.9 Å². The Balaban J connectivity index is 2.14. The number of benzene rings is 1. The summed E-state index contributed by atoms with van der Waals surface area (Å²) in [7, 11) is 1.49. The smallest absolute Gasteiger partial charge is 0.336 e. The molecule has 0 unspecified atom stereocenters. The second-order valence-electron chi connectivity index (χ2n) is 6.42. The fraction of sp³-hybridized carbons (Fsp3) is 0.478. The van der Waals surface area contributed by atoms with E-state index in [1.54, 1.807) is 24.3 Å². The molecule has 1 aromatic carbocycles. The second kappa shape index (κ2) is 15.5. The number of hydrogen-bond donors (Lipinski definition) is 0. The number of carbonyl (C=O) groups excluding carboxylic acids is 2. The van der Waals surface area contributed by atoms with Gasteiger partial charge in [-0.1, -0.05) is 69.7 Å². The van der Waals surface area contributed by atoms with E-state index in [-0.39, 0.29) is 6.61 Å². The average molecular weight is 389 g/mol. The maximum absolute atomic E-state index is 11.8. The third-order valence-electron chi connectivity index (χ3n) is 4.10. The Bertz CT molecular complexity index is 634. The van der Waals surface area contributed by atoms with Crippen molar-refractivity contribution >= 4 is 11.9 Å². The van der Waals surface area contributed by atoms with E-state index in [1.807, 2.05) is 12.2 Å². The Kier molecular flexibility index (Phi) is 13.0. The molecule has 0 heterocycles. The zero-order valence-electron chi connectivity index (χ0n) is 17.0. The van der Waals surface area contributed by atoms with Gasteiger partial charge in [0.05, 0.1) is 7.11 Å². The van der Waals surface area contributed by atoms with Gasteiger partial charge in [-0.3, -0.25) is 0 Å². The van der Waals surface area contributed by atoms with Crippen molar-refractivity contribution in [2.45, 2.75) is 58.3 Å². The van der Waals surface area contributed by atoms with Crippen molar-refractivity contribution in [3.8, 4) is 11.5 Å². The van der Waals surface area contributed by atoms with Crippen LogP contribution in [0.5, 0.6) is 11.5 Å². The molecule has 0 bridgehead atoms. The number of rotatable bonds is 14. The van der Waals surface area contributed by atoms with Crippen LogP contribution in [0, 0.1) is 0 Å². The third-order valence-corrected chi connectivity index (χ3v) is 4.10. The van der Waals surface area contributed by atoms with Gasteiger partial charge in [-0.2, -0.15) is 0 Å². The highest BCUT2D eigenvalue weighted by Crippen LogP contribution is 2.25. The molecule has 0 atom stereocenters. The highest BCUT2D eigenvalue weighted by Gasteiger charge is 2.07. The summed E-state index contributed by atoms with van der Waals surface area (Å²) in [5.74, 6) is -0.521. The number of para-hydroxylation sites is 2. The zero-order valence-corrected chi connectivity index (χ0v) is 17.0. The first-order valence-corrected chi connectivity index (χ1v) is 10.0. The lowest BCUT2D eigenvalue weighted by molar-refractivity contribution is -0.137. The van der Waals surface area contributed by atoms with Crippen molar-refractivity contribution in [1.82, 2.24) is 0 Å². The molecule has 0 fully saturated rings. The number of hydrogen-bond acceptors (Lipinski definition) is 5.